The van der Waals surface area contributed by atoms with Gasteiger partial charge in [-0.2, -0.15) is 5.10 Å². The largest absolute Gasteiger partial charge is 0.354 e. The quantitative estimate of drug-likeness (QED) is 0.797. The van der Waals surface area contributed by atoms with Crippen molar-refractivity contribution in [3.63, 3.8) is 0 Å². The minimum absolute atomic E-state index is 0.0153. The predicted octanol–water partition coefficient (Wildman–Crippen LogP) is 2.66. The molecule has 2 aliphatic rings. The molecule has 0 spiro atoms. The maximum absolute atomic E-state index is 12.8. The molecule has 2 N–H and O–H groups in total. The number of amides is 2. The first kappa shape index (κ1) is 18.0. The van der Waals surface area contributed by atoms with Gasteiger partial charge in [-0.3, -0.25) is 14.7 Å². The van der Waals surface area contributed by atoms with E-state index in [1.807, 2.05) is 11.8 Å². The summed E-state index contributed by atoms with van der Waals surface area (Å²) in [6.07, 6.45) is 7.99. The van der Waals surface area contributed by atoms with E-state index < -0.39 is 0 Å². The molecule has 25 heavy (non-hydrogen) atoms. The van der Waals surface area contributed by atoms with Crippen molar-refractivity contribution in [2.24, 2.45) is 11.3 Å². The van der Waals surface area contributed by atoms with Gasteiger partial charge in [0.2, 0.25) is 5.91 Å². The Balaban J connectivity index is 1.57. The average Bonchev–Trinajstić information content (AvgIpc) is 3.22. The highest BCUT2D eigenvalue weighted by molar-refractivity contribution is 5.95. The molecular formula is C19H30N4O2. The van der Waals surface area contributed by atoms with Crippen LogP contribution in [0.2, 0.25) is 0 Å². The van der Waals surface area contributed by atoms with Gasteiger partial charge in [0, 0.05) is 30.2 Å². The molecule has 2 fully saturated rings. The lowest BCUT2D eigenvalue weighted by Crippen LogP contribution is -2.45. The Morgan fingerprint density at radius 3 is 2.76 bits per heavy atom. The number of nitrogens with zero attached hydrogens (tertiary/aromatic N) is 2. The van der Waals surface area contributed by atoms with E-state index in [0.29, 0.717) is 30.6 Å². The third-order valence-corrected chi connectivity index (χ3v) is 6.11. The van der Waals surface area contributed by atoms with E-state index in [4.69, 9.17) is 0 Å². The van der Waals surface area contributed by atoms with Crippen molar-refractivity contribution in [3.8, 4) is 0 Å². The number of hydrogen-bond donors (Lipinski definition) is 2. The second-order valence-electron chi connectivity index (χ2n) is 7.81. The van der Waals surface area contributed by atoms with Crippen molar-refractivity contribution in [2.45, 2.75) is 65.3 Å². The summed E-state index contributed by atoms with van der Waals surface area (Å²) in [5.74, 6) is 0.642. The SMILES string of the molecule is CCC1CCCC1(C)C(=O)NCCN(C(=O)c1cn[nH]c1C)C1CC1. The van der Waals surface area contributed by atoms with Crippen molar-refractivity contribution in [2.75, 3.05) is 13.1 Å². The average molecular weight is 346 g/mol. The summed E-state index contributed by atoms with van der Waals surface area (Å²) < 4.78 is 0. The third kappa shape index (κ3) is 3.58. The van der Waals surface area contributed by atoms with Gasteiger partial charge in [-0.05, 0) is 38.5 Å². The van der Waals surface area contributed by atoms with E-state index in [1.54, 1.807) is 6.20 Å². The predicted molar refractivity (Wildman–Crippen MR) is 96.1 cm³/mol. The van der Waals surface area contributed by atoms with E-state index in [2.05, 4.69) is 29.4 Å². The van der Waals surface area contributed by atoms with E-state index >= 15 is 0 Å². The normalized spacial score (nSPS) is 25.8. The summed E-state index contributed by atoms with van der Waals surface area (Å²) in [5, 5.41) is 9.88. The highest BCUT2D eigenvalue weighted by Crippen LogP contribution is 2.44. The van der Waals surface area contributed by atoms with Crippen molar-refractivity contribution < 1.29 is 9.59 Å². The Hall–Kier alpha value is -1.85. The molecule has 0 aromatic carbocycles. The topological polar surface area (TPSA) is 78.1 Å². The molecule has 0 saturated heterocycles. The summed E-state index contributed by atoms with van der Waals surface area (Å²) in [7, 11) is 0. The zero-order chi connectivity index (χ0) is 18.0. The maximum Gasteiger partial charge on any atom is 0.257 e. The van der Waals surface area contributed by atoms with Gasteiger partial charge in [-0.15, -0.1) is 0 Å². The Labute approximate surface area is 149 Å². The second-order valence-corrected chi connectivity index (χ2v) is 7.81. The van der Waals surface area contributed by atoms with Crippen LogP contribution in [0.4, 0.5) is 0 Å². The molecular weight excluding hydrogens is 316 g/mol. The van der Waals surface area contributed by atoms with Crippen molar-refractivity contribution in [3.05, 3.63) is 17.5 Å². The van der Waals surface area contributed by atoms with Crippen molar-refractivity contribution in [1.82, 2.24) is 20.4 Å². The van der Waals surface area contributed by atoms with Crippen LogP contribution < -0.4 is 5.32 Å². The zero-order valence-corrected chi connectivity index (χ0v) is 15.6. The number of nitrogens with one attached hydrogen (secondary N) is 2. The van der Waals surface area contributed by atoms with Gasteiger partial charge < -0.3 is 10.2 Å². The molecule has 1 aromatic rings. The van der Waals surface area contributed by atoms with E-state index in [1.165, 1.54) is 0 Å². The molecule has 1 heterocycles. The van der Waals surface area contributed by atoms with E-state index in [9.17, 15) is 9.59 Å². The third-order valence-electron chi connectivity index (χ3n) is 6.11. The first-order chi connectivity index (χ1) is 12.0. The molecule has 1 aromatic heterocycles. The van der Waals surface area contributed by atoms with Gasteiger partial charge in [-0.25, -0.2) is 0 Å². The first-order valence-electron chi connectivity index (χ1n) is 9.56. The van der Waals surface area contributed by atoms with Gasteiger partial charge in [0.15, 0.2) is 0 Å². The fourth-order valence-corrected chi connectivity index (χ4v) is 4.24. The van der Waals surface area contributed by atoms with Gasteiger partial charge in [0.25, 0.3) is 5.91 Å². The second kappa shape index (κ2) is 7.18. The summed E-state index contributed by atoms with van der Waals surface area (Å²) in [4.78, 5) is 27.4. The molecule has 2 amide bonds. The first-order valence-corrected chi connectivity index (χ1v) is 9.56. The van der Waals surface area contributed by atoms with Gasteiger partial charge in [-0.1, -0.05) is 26.7 Å². The highest BCUT2D eigenvalue weighted by atomic mass is 16.2. The van der Waals surface area contributed by atoms with E-state index in [0.717, 1.165) is 44.2 Å². The Kier molecular flexibility index (Phi) is 5.16. The monoisotopic (exact) mass is 346 g/mol. The minimum Gasteiger partial charge on any atom is -0.354 e. The molecule has 6 nitrogen and oxygen atoms in total. The van der Waals surface area contributed by atoms with E-state index in [-0.39, 0.29) is 17.2 Å². The number of aromatic amines is 1. The van der Waals surface area contributed by atoms with Crippen LogP contribution in [0.25, 0.3) is 0 Å². The molecule has 6 heteroatoms. The number of aromatic nitrogens is 2. The van der Waals surface area contributed by atoms with Crippen molar-refractivity contribution in [1.29, 1.82) is 0 Å². The van der Waals surface area contributed by atoms with Crippen LogP contribution >= 0.6 is 0 Å². The van der Waals surface area contributed by atoms with Crippen LogP contribution in [0, 0.1) is 18.3 Å². The highest BCUT2D eigenvalue weighted by Gasteiger charge is 2.43. The van der Waals surface area contributed by atoms with Crippen molar-refractivity contribution >= 4 is 11.8 Å². The van der Waals surface area contributed by atoms with Crippen LogP contribution in [0.3, 0.4) is 0 Å². The molecule has 2 unspecified atom stereocenters. The Morgan fingerprint density at radius 1 is 1.40 bits per heavy atom. The molecule has 138 valence electrons. The summed E-state index contributed by atoms with van der Waals surface area (Å²) in [6, 6.07) is 0.309. The Morgan fingerprint density at radius 2 is 2.16 bits per heavy atom. The standard InChI is InChI=1S/C19H30N4O2/c1-4-14-6-5-9-19(14,3)18(25)20-10-11-23(15-7-8-15)17(24)16-12-21-22-13(16)2/h12,14-15H,4-11H2,1-3H3,(H,20,25)(H,21,22). The number of carbonyl (C=O) groups is 2. The van der Waals surface area contributed by atoms with Crippen LogP contribution in [0.1, 0.15) is 68.4 Å². The lowest BCUT2D eigenvalue weighted by molar-refractivity contribution is -0.132. The minimum atomic E-state index is -0.246. The fraction of sp³-hybridized carbons (Fsp3) is 0.737. The van der Waals surface area contributed by atoms with Crippen LogP contribution in [0.5, 0.6) is 0 Å². The molecule has 0 bridgehead atoms. The maximum atomic E-state index is 12.8. The van der Waals surface area contributed by atoms with Crippen LogP contribution in [-0.2, 0) is 4.79 Å². The van der Waals surface area contributed by atoms with Crippen LogP contribution in [-0.4, -0.2) is 46.0 Å². The number of aryl methyl sites for hydroxylation is 1. The number of carbonyl (C=O) groups excluding carboxylic acids is 2. The smallest absolute Gasteiger partial charge is 0.257 e. The zero-order valence-electron chi connectivity index (χ0n) is 15.6. The molecule has 2 saturated carbocycles. The number of hydrogen-bond acceptors (Lipinski definition) is 3. The summed E-state index contributed by atoms with van der Waals surface area (Å²) in [5.41, 5.74) is 1.18. The molecule has 3 rings (SSSR count). The number of rotatable bonds is 7. The molecule has 0 aliphatic heterocycles. The fourth-order valence-electron chi connectivity index (χ4n) is 4.24. The van der Waals surface area contributed by atoms with Gasteiger partial charge >= 0.3 is 0 Å². The van der Waals surface area contributed by atoms with Gasteiger partial charge in [0.1, 0.15) is 0 Å². The lowest BCUT2D eigenvalue weighted by atomic mass is 9.77. The molecule has 2 atom stereocenters. The summed E-state index contributed by atoms with van der Waals surface area (Å²) >= 11 is 0. The molecule has 0 radical (unpaired) electrons. The lowest BCUT2D eigenvalue weighted by Gasteiger charge is -2.30. The molecule has 2 aliphatic carbocycles. The van der Waals surface area contributed by atoms with Crippen LogP contribution in [0.15, 0.2) is 6.20 Å². The Bertz CT molecular complexity index is 637. The number of H-pyrrole nitrogens is 1. The van der Waals surface area contributed by atoms with Gasteiger partial charge in [0.05, 0.1) is 11.8 Å². The summed E-state index contributed by atoms with van der Waals surface area (Å²) in [6.45, 7) is 7.21.